The van der Waals surface area contributed by atoms with E-state index in [1.807, 2.05) is 23.1 Å². The molecular formula is C15H24N2O. The van der Waals surface area contributed by atoms with Gasteiger partial charge in [-0.1, -0.05) is 37.3 Å². The number of benzene rings is 1. The minimum Gasteiger partial charge on any atom is -0.338 e. The summed E-state index contributed by atoms with van der Waals surface area (Å²) in [6.45, 7) is 4.32. The average molecular weight is 248 g/mol. The van der Waals surface area contributed by atoms with Crippen LogP contribution in [0.1, 0.15) is 38.2 Å². The molecule has 1 aromatic rings. The Labute approximate surface area is 110 Å². The lowest BCUT2D eigenvalue weighted by Gasteiger charge is -2.22. The molecule has 0 spiro atoms. The molecule has 0 unspecified atom stereocenters. The van der Waals surface area contributed by atoms with Gasteiger partial charge in [-0.05, 0) is 31.4 Å². The fourth-order valence-corrected chi connectivity index (χ4v) is 1.94. The molecular weight excluding hydrogens is 224 g/mol. The quantitative estimate of drug-likeness (QED) is 0.719. The summed E-state index contributed by atoms with van der Waals surface area (Å²) in [6.07, 6.45) is 3.43. The number of hydrogen-bond donors (Lipinski definition) is 1. The predicted octanol–water partition coefficient (Wildman–Crippen LogP) is 2.55. The van der Waals surface area contributed by atoms with Crippen molar-refractivity contribution in [1.82, 2.24) is 4.90 Å². The van der Waals surface area contributed by atoms with Crippen molar-refractivity contribution in [2.45, 2.75) is 39.2 Å². The molecule has 0 fully saturated rings. The summed E-state index contributed by atoms with van der Waals surface area (Å²) in [4.78, 5) is 14.0. The van der Waals surface area contributed by atoms with E-state index in [1.165, 1.54) is 5.56 Å². The summed E-state index contributed by atoms with van der Waals surface area (Å²) in [5.74, 6) is 0.245. The van der Waals surface area contributed by atoms with Crippen LogP contribution < -0.4 is 5.73 Å². The molecule has 0 bridgehead atoms. The van der Waals surface area contributed by atoms with Gasteiger partial charge in [0.05, 0.1) is 0 Å². The Balaban J connectivity index is 2.50. The minimum atomic E-state index is 0.245. The predicted molar refractivity (Wildman–Crippen MR) is 75.1 cm³/mol. The van der Waals surface area contributed by atoms with Crippen molar-refractivity contribution < 1.29 is 4.79 Å². The van der Waals surface area contributed by atoms with Crippen molar-refractivity contribution in [1.29, 1.82) is 0 Å². The lowest BCUT2D eigenvalue weighted by molar-refractivity contribution is -0.132. The van der Waals surface area contributed by atoms with Crippen LogP contribution in [-0.4, -0.2) is 23.9 Å². The first-order valence-electron chi connectivity index (χ1n) is 6.79. The molecule has 0 aliphatic rings. The van der Waals surface area contributed by atoms with Crippen LogP contribution in [0.2, 0.25) is 0 Å². The van der Waals surface area contributed by atoms with E-state index in [0.717, 1.165) is 32.4 Å². The van der Waals surface area contributed by atoms with Crippen molar-refractivity contribution in [3.05, 3.63) is 35.9 Å². The van der Waals surface area contributed by atoms with Crippen molar-refractivity contribution in [3.8, 4) is 0 Å². The van der Waals surface area contributed by atoms with Gasteiger partial charge in [0.1, 0.15) is 0 Å². The first-order valence-corrected chi connectivity index (χ1v) is 6.79. The van der Waals surface area contributed by atoms with Crippen LogP contribution in [-0.2, 0) is 11.3 Å². The third kappa shape index (κ3) is 5.32. The highest BCUT2D eigenvalue weighted by Gasteiger charge is 2.12. The summed E-state index contributed by atoms with van der Waals surface area (Å²) < 4.78 is 0. The number of nitrogens with zero attached hydrogens (tertiary/aromatic N) is 1. The fourth-order valence-electron chi connectivity index (χ4n) is 1.94. The summed E-state index contributed by atoms with van der Waals surface area (Å²) in [5.41, 5.74) is 6.64. The molecule has 100 valence electrons. The zero-order chi connectivity index (χ0) is 13.2. The van der Waals surface area contributed by atoms with Gasteiger partial charge in [0.15, 0.2) is 0 Å². The summed E-state index contributed by atoms with van der Waals surface area (Å²) in [6, 6.07) is 10.2. The number of hydrogen-bond acceptors (Lipinski definition) is 2. The second kappa shape index (κ2) is 8.70. The molecule has 0 radical (unpaired) electrons. The first-order chi connectivity index (χ1) is 8.77. The van der Waals surface area contributed by atoms with Gasteiger partial charge in [-0.2, -0.15) is 0 Å². The molecule has 0 heterocycles. The van der Waals surface area contributed by atoms with Crippen LogP contribution in [0, 0.1) is 0 Å². The normalized spacial score (nSPS) is 10.3. The second-order valence-corrected chi connectivity index (χ2v) is 4.55. The smallest absolute Gasteiger partial charge is 0.222 e. The molecule has 1 aromatic carbocycles. The van der Waals surface area contributed by atoms with Gasteiger partial charge < -0.3 is 10.6 Å². The van der Waals surface area contributed by atoms with Crippen molar-refractivity contribution in [3.63, 3.8) is 0 Å². The first kappa shape index (κ1) is 14.7. The number of rotatable bonds is 8. The Morgan fingerprint density at radius 2 is 1.94 bits per heavy atom. The highest BCUT2D eigenvalue weighted by molar-refractivity contribution is 5.76. The largest absolute Gasteiger partial charge is 0.338 e. The number of carbonyl (C=O) groups is 1. The van der Waals surface area contributed by atoms with E-state index in [2.05, 4.69) is 19.1 Å². The van der Waals surface area contributed by atoms with E-state index in [9.17, 15) is 4.79 Å². The maximum atomic E-state index is 12.1. The molecule has 18 heavy (non-hydrogen) atoms. The van der Waals surface area contributed by atoms with Gasteiger partial charge in [-0.15, -0.1) is 0 Å². The van der Waals surface area contributed by atoms with Gasteiger partial charge >= 0.3 is 0 Å². The molecule has 1 amide bonds. The topological polar surface area (TPSA) is 46.3 Å². The second-order valence-electron chi connectivity index (χ2n) is 4.55. The molecule has 2 N–H and O–H groups in total. The van der Waals surface area contributed by atoms with Crippen LogP contribution in [0.5, 0.6) is 0 Å². The minimum absolute atomic E-state index is 0.245. The highest BCUT2D eigenvalue weighted by Crippen LogP contribution is 2.08. The SMILES string of the molecule is CCCN(Cc1ccccc1)C(=O)CCCCN. The Morgan fingerprint density at radius 3 is 2.56 bits per heavy atom. The molecule has 0 saturated carbocycles. The van der Waals surface area contributed by atoms with E-state index in [1.54, 1.807) is 0 Å². The van der Waals surface area contributed by atoms with Gasteiger partial charge in [0, 0.05) is 19.5 Å². The van der Waals surface area contributed by atoms with Gasteiger partial charge in [-0.25, -0.2) is 0 Å². The number of amides is 1. The molecule has 0 aliphatic heterocycles. The van der Waals surface area contributed by atoms with E-state index in [-0.39, 0.29) is 5.91 Å². The summed E-state index contributed by atoms with van der Waals surface area (Å²) >= 11 is 0. The monoisotopic (exact) mass is 248 g/mol. The third-order valence-electron chi connectivity index (χ3n) is 2.91. The molecule has 1 rings (SSSR count). The van der Waals surface area contributed by atoms with Gasteiger partial charge in [0.2, 0.25) is 5.91 Å². The number of carbonyl (C=O) groups excluding carboxylic acids is 1. The lowest BCUT2D eigenvalue weighted by Crippen LogP contribution is -2.31. The van der Waals surface area contributed by atoms with Crippen molar-refractivity contribution >= 4 is 5.91 Å². The zero-order valence-corrected chi connectivity index (χ0v) is 11.3. The van der Waals surface area contributed by atoms with Crippen molar-refractivity contribution in [2.75, 3.05) is 13.1 Å². The molecule has 0 saturated heterocycles. The Hall–Kier alpha value is -1.35. The molecule has 0 atom stereocenters. The van der Waals surface area contributed by atoms with Crippen LogP contribution in [0.3, 0.4) is 0 Å². The average Bonchev–Trinajstić information content (AvgIpc) is 2.39. The fraction of sp³-hybridized carbons (Fsp3) is 0.533. The lowest BCUT2D eigenvalue weighted by atomic mass is 10.1. The van der Waals surface area contributed by atoms with E-state index >= 15 is 0 Å². The van der Waals surface area contributed by atoms with E-state index < -0.39 is 0 Å². The maximum absolute atomic E-state index is 12.1. The Morgan fingerprint density at radius 1 is 1.22 bits per heavy atom. The third-order valence-corrected chi connectivity index (χ3v) is 2.91. The standard InChI is InChI=1S/C15H24N2O/c1-2-12-17(15(18)10-6-7-11-16)13-14-8-4-3-5-9-14/h3-5,8-9H,2,6-7,10-13,16H2,1H3. The number of unbranched alkanes of at least 4 members (excludes halogenated alkanes) is 1. The van der Waals surface area contributed by atoms with E-state index in [0.29, 0.717) is 13.0 Å². The molecule has 3 heteroatoms. The molecule has 0 aliphatic carbocycles. The molecule has 0 aromatic heterocycles. The van der Waals surface area contributed by atoms with E-state index in [4.69, 9.17) is 5.73 Å². The summed E-state index contributed by atoms with van der Waals surface area (Å²) in [5, 5.41) is 0. The van der Waals surface area contributed by atoms with Gasteiger partial charge in [0.25, 0.3) is 0 Å². The van der Waals surface area contributed by atoms with Crippen LogP contribution in [0.4, 0.5) is 0 Å². The highest BCUT2D eigenvalue weighted by atomic mass is 16.2. The Bertz CT molecular complexity index is 338. The maximum Gasteiger partial charge on any atom is 0.222 e. The Kier molecular flexibility index (Phi) is 7.11. The van der Waals surface area contributed by atoms with Crippen LogP contribution >= 0.6 is 0 Å². The van der Waals surface area contributed by atoms with Crippen LogP contribution in [0.25, 0.3) is 0 Å². The van der Waals surface area contributed by atoms with Crippen LogP contribution in [0.15, 0.2) is 30.3 Å². The van der Waals surface area contributed by atoms with Crippen molar-refractivity contribution in [2.24, 2.45) is 5.73 Å². The zero-order valence-electron chi connectivity index (χ0n) is 11.3. The summed E-state index contributed by atoms with van der Waals surface area (Å²) in [7, 11) is 0. The number of nitrogens with two attached hydrogens (primary N) is 1. The molecule has 3 nitrogen and oxygen atoms in total. The van der Waals surface area contributed by atoms with Gasteiger partial charge in [-0.3, -0.25) is 4.79 Å².